The summed E-state index contributed by atoms with van der Waals surface area (Å²) in [6.45, 7) is 1.78. The molecule has 1 nitrogen and oxygen atoms in total. The zero-order valence-corrected chi connectivity index (χ0v) is 9.68. The first-order valence-corrected chi connectivity index (χ1v) is 5.61. The summed E-state index contributed by atoms with van der Waals surface area (Å²) in [6, 6.07) is 5.27. The van der Waals surface area contributed by atoms with Crippen LogP contribution in [0.4, 0.5) is 13.2 Å². The minimum absolute atomic E-state index is 0.150. The molecule has 0 saturated carbocycles. The molecule has 1 aromatic rings. The first-order chi connectivity index (χ1) is 7.93. The molecule has 0 saturated heterocycles. The molecule has 0 aliphatic carbocycles. The van der Waals surface area contributed by atoms with Gasteiger partial charge >= 0.3 is 6.18 Å². The smallest absolute Gasteiger partial charge is 0.300 e. The summed E-state index contributed by atoms with van der Waals surface area (Å²) in [6.07, 6.45) is -2.26. The number of carbonyl (C=O) groups is 1. The van der Waals surface area contributed by atoms with Gasteiger partial charge in [-0.25, -0.2) is 0 Å². The fraction of sp³-hybridized carbons (Fsp3) is 0.462. The molecule has 4 heteroatoms. The van der Waals surface area contributed by atoms with Gasteiger partial charge in [-0.1, -0.05) is 25.1 Å². The first-order valence-electron chi connectivity index (χ1n) is 5.61. The lowest BCUT2D eigenvalue weighted by Crippen LogP contribution is -2.05. The fourth-order valence-corrected chi connectivity index (χ4v) is 1.57. The van der Waals surface area contributed by atoms with Crippen LogP contribution in [0.2, 0.25) is 0 Å². The molecule has 0 spiro atoms. The van der Waals surface area contributed by atoms with E-state index >= 15 is 0 Å². The fourth-order valence-electron chi connectivity index (χ4n) is 1.57. The van der Waals surface area contributed by atoms with Gasteiger partial charge in [0.05, 0.1) is 5.56 Å². The Balaban J connectivity index is 2.58. The third kappa shape index (κ3) is 4.59. The van der Waals surface area contributed by atoms with Gasteiger partial charge < -0.3 is 0 Å². The Kier molecular flexibility index (Phi) is 4.73. The van der Waals surface area contributed by atoms with Crippen LogP contribution in [0.1, 0.15) is 37.3 Å². The minimum Gasteiger partial charge on any atom is -0.300 e. The highest BCUT2D eigenvalue weighted by Crippen LogP contribution is 2.29. The average Bonchev–Trinajstić information content (AvgIpc) is 2.28. The van der Waals surface area contributed by atoms with Gasteiger partial charge in [0.15, 0.2) is 0 Å². The SMILES string of the molecule is CCC(=O)CCCc1cccc(C(F)(F)F)c1. The van der Waals surface area contributed by atoms with Crippen molar-refractivity contribution in [1.29, 1.82) is 0 Å². The highest BCUT2D eigenvalue weighted by atomic mass is 19.4. The highest BCUT2D eigenvalue weighted by molar-refractivity contribution is 5.77. The lowest BCUT2D eigenvalue weighted by Gasteiger charge is -2.08. The number of rotatable bonds is 5. The van der Waals surface area contributed by atoms with Crippen molar-refractivity contribution in [3.8, 4) is 0 Å². The molecule has 0 bridgehead atoms. The zero-order valence-electron chi connectivity index (χ0n) is 9.68. The van der Waals surface area contributed by atoms with Crippen LogP contribution < -0.4 is 0 Å². The van der Waals surface area contributed by atoms with Crippen molar-refractivity contribution < 1.29 is 18.0 Å². The Morgan fingerprint density at radius 2 is 2.00 bits per heavy atom. The number of halogens is 3. The van der Waals surface area contributed by atoms with Gasteiger partial charge in [0.1, 0.15) is 5.78 Å². The lowest BCUT2D eigenvalue weighted by atomic mass is 10.0. The average molecular weight is 244 g/mol. The van der Waals surface area contributed by atoms with E-state index in [2.05, 4.69) is 0 Å². The van der Waals surface area contributed by atoms with E-state index in [0.29, 0.717) is 31.2 Å². The van der Waals surface area contributed by atoms with Crippen LogP contribution in [0.5, 0.6) is 0 Å². The lowest BCUT2D eigenvalue weighted by molar-refractivity contribution is -0.137. The number of aryl methyl sites for hydroxylation is 1. The number of Topliss-reactive ketones (excluding diaryl/α,β-unsaturated/α-hetero) is 1. The molecule has 0 aromatic heterocycles. The van der Waals surface area contributed by atoms with Crippen molar-refractivity contribution in [3.05, 3.63) is 35.4 Å². The number of alkyl halides is 3. The second kappa shape index (κ2) is 5.84. The van der Waals surface area contributed by atoms with E-state index < -0.39 is 11.7 Å². The van der Waals surface area contributed by atoms with Crippen LogP contribution >= 0.6 is 0 Å². The third-order valence-corrected chi connectivity index (χ3v) is 2.57. The van der Waals surface area contributed by atoms with Gasteiger partial charge in [0.25, 0.3) is 0 Å². The number of ketones is 1. The number of hydrogen-bond acceptors (Lipinski definition) is 1. The molecule has 94 valence electrons. The van der Waals surface area contributed by atoms with E-state index in [9.17, 15) is 18.0 Å². The molecule has 0 fully saturated rings. The molecule has 0 radical (unpaired) electrons. The van der Waals surface area contributed by atoms with Crippen LogP contribution in [-0.2, 0) is 17.4 Å². The molecular formula is C13H15F3O. The van der Waals surface area contributed by atoms with Gasteiger partial charge in [-0.2, -0.15) is 13.2 Å². The Bertz CT molecular complexity index is 382. The van der Waals surface area contributed by atoms with Crippen molar-refractivity contribution >= 4 is 5.78 Å². The van der Waals surface area contributed by atoms with E-state index in [-0.39, 0.29) is 5.78 Å². The number of carbonyl (C=O) groups excluding carboxylic acids is 1. The summed E-state index contributed by atoms with van der Waals surface area (Å²) in [5.74, 6) is 0.150. The van der Waals surface area contributed by atoms with Crippen molar-refractivity contribution in [1.82, 2.24) is 0 Å². The van der Waals surface area contributed by atoms with Gasteiger partial charge in [-0.05, 0) is 24.5 Å². The van der Waals surface area contributed by atoms with Crippen LogP contribution in [-0.4, -0.2) is 5.78 Å². The quantitative estimate of drug-likeness (QED) is 0.764. The summed E-state index contributed by atoms with van der Waals surface area (Å²) in [5, 5.41) is 0. The molecule has 0 unspecified atom stereocenters. The Labute approximate surface area is 98.6 Å². The van der Waals surface area contributed by atoms with Crippen molar-refractivity contribution in [2.24, 2.45) is 0 Å². The Hall–Kier alpha value is -1.32. The highest BCUT2D eigenvalue weighted by Gasteiger charge is 2.30. The molecule has 0 aliphatic heterocycles. The maximum absolute atomic E-state index is 12.4. The molecule has 0 aliphatic rings. The van der Waals surface area contributed by atoms with Gasteiger partial charge in [0.2, 0.25) is 0 Å². The van der Waals surface area contributed by atoms with E-state index in [4.69, 9.17) is 0 Å². The standard InChI is InChI=1S/C13H15F3O/c1-2-12(17)8-4-6-10-5-3-7-11(9-10)13(14,15)16/h3,5,7,9H,2,4,6,8H2,1H3. The molecule has 1 aromatic carbocycles. The third-order valence-electron chi connectivity index (χ3n) is 2.57. The van der Waals surface area contributed by atoms with Crippen LogP contribution in [0.15, 0.2) is 24.3 Å². The second-order valence-electron chi connectivity index (χ2n) is 3.94. The summed E-state index contributed by atoms with van der Waals surface area (Å²) < 4.78 is 37.3. The minimum atomic E-state index is -4.30. The molecule has 0 amide bonds. The monoisotopic (exact) mass is 244 g/mol. The van der Waals surface area contributed by atoms with E-state index in [1.165, 1.54) is 6.07 Å². The van der Waals surface area contributed by atoms with Crippen molar-refractivity contribution in [2.45, 2.75) is 38.8 Å². The normalized spacial score (nSPS) is 11.5. The first kappa shape index (κ1) is 13.7. The maximum atomic E-state index is 12.4. The van der Waals surface area contributed by atoms with E-state index in [1.54, 1.807) is 13.0 Å². The van der Waals surface area contributed by atoms with Crippen molar-refractivity contribution in [3.63, 3.8) is 0 Å². The molecular weight excluding hydrogens is 229 g/mol. The molecule has 0 N–H and O–H groups in total. The molecule has 17 heavy (non-hydrogen) atoms. The van der Waals surface area contributed by atoms with Gasteiger partial charge in [-0.3, -0.25) is 4.79 Å². The van der Waals surface area contributed by atoms with Gasteiger partial charge in [0, 0.05) is 12.8 Å². The van der Waals surface area contributed by atoms with Gasteiger partial charge in [-0.15, -0.1) is 0 Å². The second-order valence-corrected chi connectivity index (χ2v) is 3.94. The topological polar surface area (TPSA) is 17.1 Å². The van der Waals surface area contributed by atoms with Crippen molar-refractivity contribution in [2.75, 3.05) is 0 Å². The predicted molar refractivity (Wildman–Crippen MR) is 59.7 cm³/mol. The summed E-state index contributed by atoms with van der Waals surface area (Å²) in [5.41, 5.74) is 0.000506. The van der Waals surface area contributed by atoms with Crippen LogP contribution in [0.25, 0.3) is 0 Å². The zero-order chi connectivity index (χ0) is 12.9. The Morgan fingerprint density at radius 1 is 1.29 bits per heavy atom. The molecule has 1 rings (SSSR count). The van der Waals surface area contributed by atoms with Crippen LogP contribution in [0.3, 0.4) is 0 Å². The van der Waals surface area contributed by atoms with Crippen LogP contribution in [0, 0.1) is 0 Å². The Morgan fingerprint density at radius 3 is 2.59 bits per heavy atom. The maximum Gasteiger partial charge on any atom is 0.416 e. The summed E-state index contributed by atoms with van der Waals surface area (Å²) >= 11 is 0. The van der Waals surface area contributed by atoms with E-state index in [1.807, 2.05) is 0 Å². The largest absolute Gasteiger partial charge is 0.416 e. The summed E-state index contributed by atoms with van der Waals surface area (Å²) in [7, 11) is 0. The number of benzene rings is 1. The number of hydrogen-bond donors (Lipinski definition) is 0. The molecule has 0 heterocycles. The summed E-state index contributed by atoms with van der Waals surface area (Å²) in [4.78, 5) is 11.0. The predicted octanol–water partition coefficient (Wildman–Crippen LogP) is 4.01. The van der Waals surface area contributed by atoms with E-state index in [0.717, 1.165) is 12.1 Å². The molecule has 0 atom stereocenters.